The third-order valence-corrected chi connectivity index (χ3v) is 6.13. The lowest BCUT2D eigenvalue weighted by Gasteiger charge is -2.15. The Balaban J connectivity index is 1.58. The monoisotopic (exact) mass is 457 g/mol. The number of benzene rings is 3. The maximum atomic E-state index is 14.8. The Morgan fingerprint density at radius 3 is 2.65 bits per heavy atom. The van der Waals surface area contributed by atoms with Crippen LogP contribution in [0.4, 0.5) is 4.39 Å². The SMILES string of the molecule is COc1ccc(Cn2nc3c(c2-c2ccccc2F)CN(C)C3)cc1-c1cccc(C(=O)O)c1. The van der Waals surface area contributed by atoms with Crippen LogP contribution < -0.4 is 4.74 Å². The summed E-state index contributed by atoms with van der Waals surface area (Å²) in [6, 6.07) is 19.3. The van der Waals surface area contributed by atoms with Gasteiger partial charge in [-0.3, -0.25) is 9.58 Å². The molecule has 6 nitrogen and oxygen atoms in total. The van der Waals surface area contributed by atoms with Crippen molar-refractivity contribution < 1.29 is 19.0 Å². The first-order chi connectivity index (χ1) is 16.4. The number of nitrogens with zero attached hydrogens (tertiary/aromatic N) is 3. The zero-order valence-electron chi connectivity index (χ0n) is 19.0. The third-order valence-electron chi connectivity index (χ3n) is 6.13. The molecule has 1 aliphatic heterocycles. The summed E-state index contributed by atoms with van der Waals surface area (Å²) in [6.07, 6.45) is 0. The van der Waals surface area contributed by atoms with Crippen molar-refractivity contribution in [1.29, 1.82) is 0 Å². The van der Waals surface area contributed by atoms with Crippen LogP contribution in [0.5, 0.6) is 5.75 Å². The number of carboxylic acids is 1. The second-order valence-corrected chi connectivity index (χ2v) is 8.50. The van der Waals surface area contributed by atoms with Gasteiger partial charge in [-0.15, -0.1) is 0 Å². The van der Waals surface area contributed by atoms with E-state index in [-0.39, 0.29) is 11.4 Å². The van der Waals surface area contributed by atoms with E-state index in [1.54, 1.807) is 37.4 Å². The maximum Gasteiger partial charge on any atom is 0.335 e. The van der Waals surface area contributed by atoms with Crippen LogP contribution in [0.1, 0.15) is 27.2 Å². The number of methoxy groups -OCH3 is 1. The molecule has 1 N–H and O–H groups in total. The first-order valence-corrected chi connectivity index (χ1v) is 11.0. The van der Waals surface area contributed by atoms with Gasteiger partial charge in [-0.25, -0.2) is 9.18 Å². The average Bonchev–Trinajstić information content (AvgIpc) is 3.34. The molecule has 0 amide bonds. The minimum atomic E-state index is -0.984. The molecule has 1 aliphatic rings. The summed E-state index contributed by atoms with van der Waals surface area (Å²) in [5, 5.41) is 14.2. The number of hydrogen-bond acceptors (Lipinski definition) is 4. The Bertz CT molecular complexity index is 1400. The van der Waals surface area contributed by atoms with E-state index in [4.69, 9.17) is 9.84 Å². The number of rotatable bonds is 6. The largest absolute Gasteiger partial charge is 0.496 e. The molecular formula is C27H24FN3O3. The number of aromatic carboxylic acids is 1. The first kappa shape index (κ1) is 21.9. The summed E-state index contributed by atoms with van der Waals surface area (Å²) in [7, 11) is 3.61. The molecule has 0 bridgehead atoms. The van der Waals surface area contributed by atoms with Crippen LogP contribution in [0.25, 0.3) is 22.4 Å². The van der Waals surface area contributed by atoms with Crippen molar-refractivity contribution >= 4 is 5.97 Å². The molecule has 2 heterocycles. The summed E-state index contributed by atoms with van der Waals surface area (Å²) in [6.45, 7) is 1.88. The topological polar surface area (TPSA) is 67.6 Å². The lowest BCUT2D eigenvalue weighted by molar-refractivity contribution is 0.0697. The van der Waals surface area contributed by atoms with E-state index in [0.29, 0.717) is 17.9 Å². The number of fused-ring (bicyclic) bond motifs is 1. The molecule has 0 atom stereocenters. The van der Waals surface area contributed by atoms with Gasteiger partial charge in [0.05, 0.1) is 30.6 Å². The Kier molecular flexibility index (Phi) is 5.63. The third kappa shape index (κ3) is 3.95. The zero-order valence-corrected chi connectivity index (χ0v) is 19.0. The summed E-state index contributed by atoms with van der Waals surface area (Å²) in [5.74, 6) is -0.616. The first-order valence-electron chi connectivity index (χ1n) is 11.0. The highest BCUT2D eigenvalue weighted by Gasteiger charge is 2.27. The molecular weight excluding hydrogens is 433 g/mol. The zero-order chi connectivity index (χ0) is 23.8. The molecule has 1 aromatic heterocycles. The van der Waals surface area contributed by atoms with Gasteiger partial charge < -0.3 is 9.84 Å². The Hall–Kier alpha value is -3.97. The van der Waals surface area contributed by atoms with Crippen molar-refractivity contribution in [2.24, 2.45) is 0 Å². The van der Waals surface area contributed by atoms with Crippen molar-refractivity contribution in [3.05, 3.63) is 94.9 Å². The highest BCUT2D eigenvalue weighted by Crippen LogP contribution is 2.35. The minimum absolute atomic E-state index is 0.208. The standard InChI is InChI=1S/C27H24FN3O3/c1-30-15-22-24(16-30)29-31(26(22)20-8-3-4-9-23(20)28)14-17-10-11-25(34-2)21(12-17)18-6-5-7-19(13-18)27(32)33/h3-13H,14-16H2,1-2H3,(H,32,33). The summed E-state index contributed by atoms with van der Waals surface area (Å²) in [4.78, 5) is 13.6. The molecule has 0 saturated heterocycles. The number of aromatic nitrogens is 2. The molecule has 4 aromatic rings. The van der Waals surface area contributed by atoms with Crippen molar-refractivity contribution in [1.82, 2.24) is 14.7 Å². The van der Waals surface area contributed by atoms with Crippen LogP contribution in [-0.2, 0) is 19.6 Å². The summed E-state index contributed by atoms with van der Waals surface area (Å²) >= 11 is 0. The van der Waals surface area contributed by atoms with Crippen LogP contribution in [0, 0.1) is 5.82 Å². The quantitative estimate of drug-likeness (QED) is 0.439. The van der Waals surface area contributed by atoms with Crippen LogP contribution in [0.2, 0.25) is 0 Å². The minimum Gasteiger partial charge on any atom is -0.496 e. The summed E-state index contributed by atoms with van der Waals surface area (Å²) in [5.41, 5.74) is 6.03. The second-order valence-electron chi connectivity index (χ2n) is 8.50. The van der Waals surface area contributed by atoms with Gasteiger partial charge in [-0.1, -0.05) is 30.3 Å². The molecule has 7 heteroatoms. The summed E-state index contributed by atoms with van der Waals surface area (Å²) < 4.78 is 22.2. The smallest absolute Gasteiger partial charge is 0.335 e. The van der Waals surface area contributed by atoms with Gasteiger partial charge in [0, 0.05) is 29.8 Å². The van der Waals surface area contributed by atoms with Gasteiger partial charge >= 0.3 is 5.97 Å². The molecule has 0 saturated carbocycles. The molecule has 0 spiro atoms. The van der Waals surface area contributed by atoms with E-state index >= 15 is 0 Å². The van der Waals surface area contributed by atoms with Crippen LogP contribution >= 0.6 is 0 Å². The van der Waals surface area contributed by atoms with Crippen LogP contribution in [-0.4, -0.2) is 39.9 Å². The molecule has 172 valence electrons. The Labute approximate surface area is 196 Å². The number of ether oxygens (including phenoxy) is 1. The number of carbonyl (C=O) groups is 1. The van der Waals surface area contributed by atoms with E-state index in [1.165, 1.54) is 6.07 Å². The second kappa shape index (κ2) is 8.76. The predicted octanol–water partition coefficient (Wildman–Crippen LogP) is 5.06. The van der Waals surface area contributed by atoms with E-state index in [0.717, 1.165) is 46.7 Å². The van der Waals surface area contributed by atoms with Crippen molar-refractivity contribution in [2.75, 3.05) is 14.2 Å². The van der Waals surface area contributed by atoms with E-state index < -0.39 is 5.97 Å². The van der Waals surface area contributed by atoms with Crippen molar-refractivity contribution in [3.8, 4) is 28.1 Å². The number of halogens is 1. The van der Waals surface area contributed by atoms with Gasteiger partial charge in [0.1, 0.15) is 11.6 Å². The number of carboxylic acid groups (broad SMARTS) is 1. The van der Waals surface area contributed by atoms with E-state index in [1.807, 2.05) is 42.1 Å². The van der Waals surface area contributed by atoms with Crippen molar-refractivity contribution in [3.63, 3.8) is 0 Å². The van der Waals surface area contributed by atoms with Gasteiger partial charge in [-0.2, -0.15) is 5.10 Å². The van der Waals surface area contributed by atoms with E-state index in [9.17, 15) is 14.3 Å². The molecule has 5 rings (SSSR count). The lowest BCUT2D eigenvalue weighted by Crippen LogP contribution is -2.13. The van der Waals surface area contributed by atoms with Gasteiger partial charge in [-0.05, 0) is 54.6 Å². The normalized spacial score (nSPS) is 13.1. The fraction of sp³-hybridized carbons (Fsp3) is 0.185. The fourth-order valence-corrected chi connectivity index (χ4v) is 4.56. The van der Waals surface area contributed by atoms with E-state index in [2.05, 4.69) is 4.90 Å². The lowest BCUT2D eigenvalue weighted by atomic mass is 9.99. The highest BCUT2D eigenvalue weighted by molar-refractivity contribution is 5.89. The van der Waals surface area contributed by atoms with Crippen LogP contribution in [0.15, 0.2) is 66.7 Å². The van der Waals surface area contributed by atoms with Crippen molar-refractivity contribution in [2.45, 2.75) is 19.6 Å². The number of hydrogen-bond donors (Lipinski definition) is 1. The fourth-order valence-electron chi connectivity index (χ4n) is 4.56. The average molecular weight is 458 g/mol. The van der Waals surface area contributed by atoms with Gasteiger partial charge in [0.2, 0.25) is 0 Å². The Morgan fingerprint density at radius 1 is 1.06 bits per heavy atom. The molecule has 3 aromatic carbocycles. The predicted molar refractivity (Wildman–Crippen MR) is 127 cm³/mol. The molecule has 0 radical (unpaired) electrons. The van der Waals surface area contributed by atoms with Crippen LogP contribution in [0.3, 0.4) is 0 Å². The molecule has 34 heavy (non-hydrogen) atoms. The van der Waals surface area contributed by atoms with Gasteiger partial charge in [0.15, 0.2) is 0 Å². The maximum absolute atomic E-state index is 14.8. The van der Waals surface area contributed by atoms with Gasteiger partial charge in [0.25, 0.3) is 0 Å². The molecule has 0 aliphatic carbocycles. The molecule has 0 unspecified atom stereocenters. The molecule has 0 fully saturated rings. The highest BCUT2D eigenvalue weighted by atomic mass is 19.1. The Morgan fingerprint density at radius 2 is 1.88 bits per heavy atom.